The SMILES string of the molecule is C#Cc1cccc(NC(=O)c2ccc(CNS(=O)(=O)c3ccc(NC(C)=O)cc3)cc2)c1. The van der Waals surface area contributed by atoms with Gasteiger partial charge in [-0.15, -0.1) is 6.42 Å². The van der Waals surface area contributed by atoms with E-state index in [-0.39, 0.29) is 23.3 Å². The number of sulfonamides is 1. The van der Waals surface area contributed by atoms with Crippen molar-refractivity contribution in [3.8, 4) is 12.3 Å². The van der Waals surface area contributed by atoms with Gasteiger partial charge in [0.15, 0.2) is 0 Å². The Morgan fingerprint density at radius 1 is 0.906 bits per heavy atom. The Labute approximate surface area is 186 Å². The molecule has 0 aromatic heterocycles. The van der Waals surface area contributed by atoms with Crippen LogP contribution >= 0.6 is 0 Å². The number of amides is 2. The minimum atomic E-state index is -3.74. The Bertz CT molecular complexity index is 1280. The number of anilines is 2. The van der Waals surface area contributed by atoms with Gasteiger partial charge in [0.25, 0.3) is 5.91 Å². The first kappa shape index (κ1) is 22.7. The first-order valence-corrected chi connectivity index (χ1v) is 11.1. The van der Waals surface area contributed by atoms with E-state index in [1.165, 1.54) is 31.2 Å². The topological polar surface area (TPSA) is 104 Å². The molecule has 7 nitrogen and oxygen atoms in total. The summed E-state index contributed by atoms with van der Waals surface area (Å²) in [6.07, 6.45) is 5.37. The molecule has 0 spiro atoms. The third-order valence-electron chi connectivity index (χ3n) is 4.45. The van der Waals surface area contributed by atoms with Crippen LogP contribution < -0.4 is 15.4 Å². The number of hydrogen-bond acceptors (Lipinski definition) is 4. The molecule has 3 aromatic carbocycles. The fraction of sp³-hybridized carbons (Fsp3) is 0.0833. The molecule has 0 saturated heterocycles. The lowest BCUT2D eigenvalue weighted by Crippen LogP contribution is -2.23. The van der Waals surface area contributed by atoms with Gasteiger partial charge in [0.2, 0.25) is 15.9 Å². The summed E-state index contributed by atoms with van der Waals surface area (Å²) < 4.78 is 27.5. The van der Waals surface area contributed by atoms with Crippen molar-refractivity contribution >= 4 is 33.2 Å². The molecule has 0 saturated carbocycles. The van der Waals surface area contributed by atoms with E-state index in [0.717, 1.165) is 0 Å². The second-order valence-electron chi connectivity index (χ2n) is 6.91. The largest absolute Gasteiger partial charge is 0.326 e. The zero-order valence-corrected chi connectivity index (χ0v) is 18.1. The number of carbonyl (C=O) groups is 2. The zero-order valence-electron chi connectivity index (χ0n) is 17.3. The van der Waals surface area contributed by atoms with Crippen molar-refractivity contribution in [2.45, 2.75) is 18.4 Å². The summed E-state index contributed by atoms with van der Waals surface area (Å²) in [6, 6.07) is 19.4. The number of terminal acetylenes is 1. The Morgan fingerprint density at radius 3 is 2.22 bits per heavy atom. The van der Waals surface area contributed by atoms with Crippen LogP contribution in [0.4, 0.5) is 11.4 Å². The van der Waals surface area contributed by atoms with E-state index in [1.807, 2.05) is 0 Å². The van der Waals surface area contributed by atoms with Gasteiger partial charge in [-0.2, -0.15) is 0 Å². The monoisotopic (exact) mass is 447 g/mol. The standard InChI is InChI=1S/C24H21N3O4S/c1-3-18-5-4-6-22(15-18)27-24(29)20-9-7-19(8-10-20)16-25-32(30,31)23-13-11-21(12-14-23)26-17(2)28/h1,4-15,25H,16H2,2H3,(H,26,28)(H,27,29). The summed E-state index contributed by atoms with van der Waals surface area (Å²) in [4.78, 5) is 23.6. The van der Waals surface area contributed by atoms with E-state index in [2.05, 4.69) is 21.3 Å². The highest BCUT2D eigenvalue weighted by Crippen LogP contribution is 2.15. The van der Waals surface area contributed by atoms with Gasteiger partial charge in [-0.25, -0.2) is 13.1 Å². The molecule has 0 bridgehead atoms. The summed E-state index contributed by atoms with van der Waals surface area (Å²) in [6.45, 7) is 1.43. The lowest BCUT2D eigenvalue weighted by molar-refractivity contribution is -0.114. The molecule has 8 heteroatoms. The average Bonchev–Trinajstić information content (AvgIpc) is 2.78. The molecule has 0 atom stereocenters. The molecule has 3 N–H and O–H groups in total. The third kappa shape index (κ3) is 6.04. The second-order valence-corrected chi connectivity index (χ2v) is 8.67. The first-order chi connectivity index (χ1) is 15.3. The van der Waals surface area contributed by atoms with Crippen LogP contribution in [0.3, 0.4) is 0 Å². The summed E-state index contributed by atoms with van der Waals surface area (Å²) in [5, 5.41) is 5.36. The van der Waals surface area contributed by atoms with Crippen molar-refractivity contribution in [2.24, 2.45) is 0 Å². The quantitative estimate of drug-likeness (QED) is 0.483. The summed E-state index contributed by atoms with van der Waals surface area (Å²) in [5.74, 6) is 1.97. The normalized spacial score (nSPS) is 10.8. The Kier molecular flexibility index (Phi) is 7.05. The van der Waals surface area contributed by atoms with Crippen molar-refractivity contribution in [3.63, 3.8) is 0 Å². The molecule has 0 aliphatic carbocycles. The molecule has 3 aromatic rings. The van der Waals surface area contributed by atoms with Gasteiger partial charge >= 0.3 is 0 Å². The summed E-state index contributed by atoms with van der Waals surface area (Å²) in [7, 11) is -3.74. The van der Waals surface area contributed by atoms with Crippen LogP contribution in [0.15, 0.2) is 77.7 Å². The number of nitrogens with one attached hydrogen (secondary N) is 3. The van der Waals surface area contributed by atoms with Crippen LogP contribution in [-0.4, -0.2) is 20.2 Å². The fourth-order valence-electron chi connectivity index (χ4n) is 2.85. The van der Waals surface area contributed by atoms with E-state index in [0.29, 0.717) is 28.1 Å². The van der Waals surface area contributed by atoms with Crippen molar-refractivity contribution in [1.82, 2.24) is 4.72 Å². The molecule has 0 unspecified atom stereocenters. The van der Waals surface area contributed by atoms with Gasteiger partial charge in [-0.05, 0) is 60.2 Å². The third-order valence-corrected chi connectivity index (χ3v) is 5.87. The lowest BCUT2D eigenvalue weighted by atomic mass is 10.1. The second kappa shape index (κ2) is 9.92. The minimum absolute atomic E-state index is 0.0574. The van der Waals surface area contributed by atoms with E-state index in [4.69, 9.17) is 6.42 Å². The fourth-order valence-corrected chi connectivity index (χ4v) is 3.86. The molecular weight excluding hydrogens is 426 g/mol. The number of rotatable bonds is 7. The average molecular weight is 448 g/mol. The predicted octanol–water partition coefficient (Wildman–Crippen LogP) is 3.36. The molecule has 0 fully saturated rings. The van der Waals surface area contributed by atoms with Gasteiger partial charge in [0.1, 0.15) is 0 Å². The number of carbonyl (C=O) groups excluding carboxylic acids is 2. The molecular formula is C24H21N3O4S. The van der Waals surface area contributed by atoms with Crippen LogP contribution in [0.1, 0.15) is 28.4 Å². The van der Waals surface area contributed by atoms with Crippen LogP contribution in [0.5, 0.6) is 0 Å². The zero-order chi connectivity index (χ0) is 23.1. The highest BCUT2D eigenvalue weighted by molar-refractivity contribution is 7.89. The van der Waals surface area contributed by atoms with E-state index < -0.39 is 10.0 Å². The molecule has 2 amide bonds. The number of hydrogen-bond donors (Lipinski definition) is 3. The van der Waals surface area contributed by atoms with E-state index in [1.54, 1.807) is 48.5 Å². The van der Waals surface area contributed by atoms with Gasteiger partial charge in [0.05, 0.1) is 4.90 Å². The first-order valence-electron chi connectivity index (χ1n) is 9.61. The van der Waals surface area contributed by atoms with Crippen LogP contribution in [0, 0.1) is 12.3 Å². The molecule has 32 heavy (non-hydrogen) atoms. The predicted molar refractivity (Wildman–Crippen MR) is 124 cm³/mol. The smallest absolute Gasteiger partial charge is 0.255 e. The number of benzene rings is 3. The molecule has 3 rings (SSSR count). The summed E-state index contributed by atoms with van der Waals surface area (Å²) >= 11 is 0. The maximum Gasteiger partial charge on any atom is 0.255 e. The van der Waals surface area contributed by atoms with Gasteiger partial charge in [-0.3, -0.25) is 9.59 Å². The molecule has 0 radical (unpaired) electrons. The highest BCUT2D eigenvalue weighted by atomic mass is 32.2. The van der Waals surface area contributed by atoms with Crippen molar-refractivity contribution in [3.05, 3.63) is 89.5 Å². The van der Waals surface area contributed by atoms with Crippen molar-refractivity contribution < 1.29 is 18.0 Å². The van der Waals surface area contributed by atoms with Gasteiger partial charge in [-0.1, -0.05) is 24.1 Å². The maximum absolute atomic E-state index is 12.5. The summed E-state index contributed by atoms with van der Waals surface area (Å²) in [5.41, 5.74) is 2.88. The lowest BCUT2D eigenvalue weighted by Gasteiger charge is -2.09. The Hall–Kier alpha value is -3.93. The van der Waals surface area contributed by atoms with Gasteiger partial charge < -0.3 is 10.6 Å². The Morgan fingerprint density at radius 2 is 1.59 bits per heavy atom. The molecule has 0 aliphatic rings. The Balaban J connectivity index is 1.60. The van der Waals surface area contributed by atoms with E-state index in [9.17, 15) is 18.0 Å². The minimum Gasteiger partial charge on any atom is -0.326 e. The van der Waals surface area contributed by atoms with Crippen LogP contribution in [-0.2, 0) is 21.4 Å². The highest BCUT2D eigenvalue weighted by Gasteiger charge is 2.14. The molecule has 162 valence electrons. The van der Waals surface area contributed by atoms with Crippen LogP contribution in [0.2, 0.25) is 0 Å². The van der Waals surface area contributed by atoms with Crippen LogP contribution in [0.25, 0.3) is 0 Å². The maximum atomic E-state index is 12.5. The molecule has 0 heterocycles. The van der Waals surface area contributed by atoms with E-state index >= 15 is 0 Å². The van der Waals surface area contributed by atoms with Gasteiger partial charge in [0, 0.05) is 36.0 Å². The molecule has 0 aliphatic heterocycles. The van der Waals surface area contributed by atoms with Crippen molar-refractivity contribution in [2.75, 3.05) is 10.6 Å². The van der Waals surface area contributed by atoms with Crippen molar-refractivity contribution in [1.29, 1.82) is 0 Å².